The average molecular weight is 456 g/mol. The van der Waals surface area contributed by atoms with Crippen molar-refractivity contribution >= 4 is 56.8 Å². The summed E-state index contributed by atoms with van der Waals surface area (Å²) in [6.45, 7) is 3.43. The van der Waals surface area contributed by atoms with E-state index in [4.69, 9.17) is 39.5 Å². The Kier molecular flexibility index (Phi) is 7.41. The highest BCUT2D eigenvalue weighted by molar-refractivity contribution is 7.91. The lowest BCUT2D eigenvalue weighted by atomic mass is 10.2. The van der Waals surface area contributed by atoms with E-state index >= 15 is 0 Å². The van der Waals surface area contributed by atoms with Crippen molar-refractivity contribution < 1.29 is 17.9 Å². The van der Waals surface area contributed by atoms with E-state index in [9.17, 15) is 13.2 Å². The van der Waals surface area contributed by atoms with Crippen LogP contribution < -0.4 is 10.1 Å². The highest BCUT2D eigenvalue weighted by Crippen LogP contribution is 2.32. The molecule has 0 aliphatic carbocycles. The minimum Gasteiger partial charge on any atom is -0.466 e. The number of carbonyl (C=O) groups excluding carboxylic acids is 1. The van der Waals surface area contributed by atoms with Gasteiger partial charge >= 0.3 is 0 Å². The van der Waals surface area contributed by atoms with E-state index in [1.54, 1.807) is 44.3 Å². The third-order valence-electron chi connectivity index (χ3n) is 3.87. The van der Waals surface area contributed by atoms with Crippen molar-refractivity contribution in [3.63, 3.8) is 0 Å². The van der Waals surface area contributed by atoms with Gasteiger partial charge in [-0.15, -0.1) is 0 Å². The molecule has 1 fully saturated rings. The Morgan fingerprint density at radius 3 is 2.41 bits per heavy atom. The van der Waals surface area contributed by atoms with Crippen LogP contribution in [0.5, 0.6) is 5.75 Å². The number of benzene rings is 1. The predicted molar refractivity (Wildman–Crippen MR) is 109 cm³/mol. The van der Waals surface area contributed by atoms with E-state index in [1.807, 2.05) is 0 Å². The van der Waals surface area contributed by atoms with E-state index in [0.29, 0.717) is 12.2 Å². The Hall–Kier alpha value is -1.02. The van der Waals surface area contributed by atoms with Crippen molar-refractivity contribution in [1.82, 2.24) is 5.32 Å². The molecule has 1 amide bonds. The molecular formula is C17H21Cl3N2O4S. The summed E-state index contributed by atoms with van der Waals surface area (Å²) in [5, 5.41) is 2.55. The maximum absolute atomic E-state index is 11.9. The van der Waals surface area contributed by atoms with Crippen molar-refractivity contribution in [2.45, 2.75) is 36.3 Å². The first-order valence-electron chi connectivity index (χ1n) is 8.34. The van der Waals surface area contributed by atoms with Crippen LogP contribution in [0.2, 0.25) is 0 Å². The molecule has 1 aromatic carbocycles. The van der Waals surface area contributed by atoms with E-state index in [0.717, 1.165) is 5.56 Å². The molecule has 0 aromatic heterocycles. The Balaban J connectivity index is 2.01. The summed E-state index contributed by atoms with van der Waals surface area (Å²) in [6, 6.07) is 6.57. The van der Waals surface area contributed by atoms with E-state index in [1.165, 1.54) is 0 Å². The average Bonchev–Trinajstić information content (AvgIpc) is 2.91. The Bertz CT molecular complexity index is 789. The summed E-state index contributed by atoms with van der Waals surface area (Å²) in [5.74, 6) is 0.0759. The molecule has 1 aromatic rings. The summed E-state index contributed by atoms with van der Waals surface area (Å²) in [4.78, 5) is 16.2. The molecule has 0 bridgehead atoms. The summed E-state index contributed by atoms with van der Waals surface area (Å²) < 4.78 is 26.7. The van der Waals surface area contributed by atoms with Crippen molar-refractivity contribution in [2.75, 3.05) is 11.5 Å². The van der Waals surface area contributed by atoms with Gasteiger partial charge in [0.2, 0.25) is 15.9 Å². The van der Waals surface area contributed by atoms with Gasteiger partial charge < -0.3 is 10.1 Å². The summed E-state index contributed by atoms with van der Waals surface area (Å²) >= 11 is 17.7. The molecule has 1 saturated heterocycles. The number of ether oxygens (including phenoxy) is 1. The minimum atomic E-state index is -2.96. The predicted octanol–water partition coefficient (Wildman–Crippen LogP) is 3.14. The van der Waals surface area contributed by atoms with Crippen LogP contribution in [0.15, 0.2) is 29.3 Å². The maximum Gasteiger partial charge on any atom is 0.246 e. The number of alkyl halides is 3. The SMILES string of the molecule is CC(C)C(=O)N[C@H](Oc1ccc(C=N[C@@H]2CCS(=O)(=O)C2)cc1)C(Cl)(Cl)Cl. The van der Waals surface area contributed by atoms with Crippen LogP contribution in [0, 0.1) is 5.92 Å². The van der Waals surface area contributed by atoms with E-state index in [2.05, 4.69) is 10.3 Å². The molecule has 1 aliphatic heterocycles. The van der Waals surface area contributed by atoms with Crippen LogP contribution in [-0.4, -0.2) is 48.1 Å². The van der Waals surface area contributed by atoms with Gasteiger partial charge in [-0.1, -0.05) is 48.7 Å². The molecule has 1 heterocycles. The second-order valence-electron chi connectivity index (χ2n) is 6.61. The van der Waals surface area contributed by atoms with Crippen LogP contribution in [-0.2, 0) is 14.6 Å². The number of carbonyl (C=O) groups is 1. The standard InChI is InChI=1S/C17H21Cl3N2O4S/c1-11(2)15(23)22-16(17(18,19)20)26-14-5-3-12(4-6-14)9-21-13-7-8-27(24,25)10-13/h3-6,9,11,13,16H,7-8,10H2,1-2H3,(H,22,23)/t13-,16-/m1/s1. The molecule has 2 atom stereocenters. The molecule has 0 radical (unpaired) electrons. The highest BCUT2D eigenvalue weighted by Gasteiger charge is 2.36. The van der Waals surface area contributed by atoms with Gasteiger partial charge in [-0.3, -0.25) is 9.79 Å². The zero-order chi connectivity index (χ0) is 20.2. The number of sulfone groups is 1. The summed E-state index contributed by atoms with van der Waals surface area (Å²) in [7, 11) is -2.96. The van der Waals surface area contributed by atoms with Crippen molar-refractivity contribution in [3.8, 4) is 5.75 Å². The van der Waals surface area contributed by atoms with Gasteiger partial charge in [0.25, 0.3) is 0 Å². The third-order valence-corrected chi connectivity index (χ3v) is 6.22. The molecule has 0 spiro atoms. The fraction of sp³-hybridized carbons (Fsp3) is 0.529. The number of aliphatic imine (C=N–C) groups is 1. The van der Waals surface area contributed by atoms with Crippen molar-refractivity contribution in [3.05, 3.63) is 29.8 Å². The molecule has 150 valence electrons. The lowest BCUT2D eigenvalue weighted by Gasteiger charge is -2.27. The fourth-order valence-electron chi connectivity index (χ4n) is 2.33. The second-order valence-corrected chi connectivity index (χ2v) is 11.2. The first-order chi connectivity index (χ1) is 12.5. The van der Waals surface area contributed by atoms with Crippen LogP contribution in [0.3, 0.4) is 0 Å². The van der Waals surface area contributed by atoms with Gasteiger partial charge in [0.05, 0.1) is 17.5 Å². The third kappa shape index (κ3) is 7.14. The van der Waals surface area contributed by atoms with Crippen molar-refractivity contribution in [1.29, 1.82) is 0 Å². The largest absolute Gasteiger partial charge is 0.466 e. The molecule has 0 saturated carbocycles. The lowest BCUT2D eigenvalue weighted by Crippen LogP contribution is -2.49. The number of amides is 1. The molecule has 0 unspecified atom stereocenters. The van der Waals surface area contributed by atoms with Gasteiger partial charge in [-0.05, 0) is 36.2 Å². The van der Waals surface area contributed by atoms with Gasteiger partial charge in [0, 0.05) is 12.1 Å². The highest BCUT2D eigenvalue weighted by atomic mass is 35.6. The fourth-order valence-corrected chi connectivity index (χ4v) is 4.26. The van der Waals surface area contributed by atoms with Gasteiger partial charge in [0.1, 0.15) is 5.75 Å². The van der Waals surface area contributed by atoms with Gasteiger partial charge in [0.15, 0.2) is 9.84 Å². The van der Waals surface area contributed by atoms with E-state index in [-0.39, 0.29) is 29.4 Å². The minimum absolute atomic E-state index is 0.0885. The maximum atomic E-state index is 11.9. The molecule has 6 nitrogen and oxygen atoms in total. The molecule has 1 aliphatic rings. The number of halogens is 3. The van der Waals surface area contributed by atoms with Gasteiger partial charge in [-0.2, -0.15) is 0 Å². The second kappa shape index (κ2) is 8.99. The van der Waals surface area contributed by atoms with Crippen molar-refractivity contribution in [2.24, 2.45) is 10.9 Å². The van der Waals surface area contributed by atoms with Gasteiger partial charge in [-0.25, -0.2) is 8.42 Å². The van der Waals surface area contributed by atoms with Crippen LogP contribution in [0.1, 0.15) is 25.8 Å². The molecule has 10 heteroatoms. The Labute approximate surface area is 174 Å². The smallest absolute Gasteiger partial charge is 0.246 e. The summed E-state index contributed by atoms with van der Waals surface area (Å²) in [6.07, 6.45) is 1.02. The zero-order valence-corrected chi connectivity index (χ0v) is 17.9. The van der Waals surface area contributed by atoms with Crippen LogP contribution in [0.4, 0.5) is 0 Å². The monoisotopic (exact) mass is 454 g/mol. The zero-order valence-electron chi connectivity index (χ0n) is 14.9. The number of nitrogens with zero attached hydrogens (tertiary/aromatic N) is 1. The normalized spacial score (nSPS) is 20.7. The topological polar surface area (TPSA) is 84.8 Å². The lowest BCUT2D eigenvalue weighted by molar-refractivity contribution is -0.126. The van der Waals surface area contributed by atoms with Crippen LogP contribution in [0.25, 0.3) is 0 Å². The molecular weight excluding hydrogens is 435 g/mol. The number of hydrogen-bond acceptors (Lipinski definition) is 5. The quantitative estimate of drug-likeness (QED) is 0.406. The first kappa shape index (κ1) is 22.3. The Morgan fingerprint density at radius 2 is 1.93 bits per heavy atom. The number of rotatable bonds is 6. The Morgan fingerprint density at radius 1 is 1.30 bits per heavy atom. The summed E-state index contributed by atoms with van der Waals surface area (Å²) in [5.41, 5.74) is 0.781. The molecule has 1 N–H and O–H groups in total. The molecule has 27 heavy (non-hydrogen) atoms. The first-order valence-corrected chi connectivity index (χ1v) is 11.3. The van der Waals surface area contributed by atoms with E-state index < -0.39 is 19.9 Å². The number of hydrogen-bond donors (Lipinski definition) is 1. The molecule has 2 rings (SSSR count). The van der Waals surface area contributed by atoms with Crippen LogP contribution >= 0.6 is 34.8 Å². The number of nitrogens with one attached hydrogen (secondary N) is 1.